The lowest BCUT2D eigenvalue weighted by atomic mass is 10.3. The third-order valence-electron chi connectivity index (χ3n) is 2.91. The number of nitrogens with zero attached hydrogens (tertiary/aromatic N) is 3. The first kappa shape index (κ1) is 16.2. The van der Waals surface area contributed by atoms with Gasteiger partial charge in [-0.3, -0.25) is 0 Å². The molecule has 0 unspecified atom stereocenters. The van der Waals surface area contributed by atoms with Crippen molar-refractivity contribution in [3.05, 3.63) is 34.2 Å². The molecule has 2 heterocycles. The average Bonchev–Trinajstić information content (AvgIpc) is 2.50. The van der Waals surface area contributed by atoms with E-state index >= 15 is 0 Å². The molecule has 0 aromatic carbocycles. The highest BCUT2D eigenvalue weighted by Crippen LogP contribution is 2.30. The quantitative estimate of drug-likeness (QED) is 0.763. The molecule has 0 saturated heterocycles. The zero-order chi connectivity index (χ0) is 15.2. The van der Waals surface area contributed by atoms with E-state index in [9.17, 15) is 0 Å². The van der Waals surface area contributed by atoms with Gasteiger partial charge in [0.05, 0.1) is 0 Å². The Balaban J connectivity index is 2.30. The van der Waals surface area contributed by atoms with Crippen molar-refractivity contribution < 1.29 is 0 Å². The molecule has 2 aromatic rings. The van der Waals surface area contributed by atoms with E-state index < -0.39 is 0 Å². The van der Waals surface area contributed by atoms with Crippen LogP contribution in [0.3, 0.4) is 0 Å². The third kappa shape index (κ3) is 4.41. The molecule has 0 atom stereocenters. The number of aromatic nitrogens is 3. The van der Waals surface area contributed by atoms with Gasteiger partial charge in [-0.2, -0.15) is 0 Å². The summed E-state index contributed by atoms with van der Waals surface area (Å²) in [7, 11) is 0. The van der Waals surface area contributed by atoms with Gasteiger partial charge in [-0.1, -0.05) is 13.8 Å². The zero-order valence-corrected chi connectivity index (χ0v) is 14.9. The first-order chi connectivity index (χ1) is 10.1. The summed E-state index contributed by atoms with van der Waals surface area (Å²) >= 11 is 4.98. The Hall–Kier alpha value is -1.14. The molecule has 6 heteroatoms. The fourth-order valence-electron chi connectivity index (χ4n) is 1.73. The summed E-state index contributed by atoms with van der Waals surface area (Å²) in [5.74, 6) is 1.79. The molecule has 0 amide bonds. The summed E-state index contributed by atoms with van der Waals surface area (Å²) in [6.07, 6.45) is 3.69. The second kappa shape index (κ2) is 7.75. The Morgan fingerprint density at radius 3 is 2.67 bits per heavy atom. The van der Waals surface area contributed by atoms with Crippen molar-refractivity contribution >= 4 is 33.5 Å². The minimum Gasteiger partial charge on any atom is -0.370 e. The van der Waals surface area contributed by atoms with Crippen molar-refractivity contribution in [1.82, 2.24) is 15.0 Å². The van der Waals surface area contributed by atoms with Crippen LogP contribution >= 0.6 is 27.7 Å². The SMILES string of the molecule is CCCNc1nc(CC)nc(Sc2ccc(Br)cn2)c1C. The van der Waals surface area contributed by atoms with Gasteiger partial charge in [0.15, 0.2) is 0 Å². The van der Waals surface area contributed by atoms with Crippen LogP contribution in [-0.2, 0) is 6.42 Å². The lowest BCUT2D eigenvalue weighted by Gasteiger charge is -2.12. The van der Waals surface area contributed by atoms with Gasteiger partial charge in [0, 0.05) is 29.2 Å². The molecule has 1 N–H and O–H groups in total. The lowest BCUT2D eigenvalue weighted by Crippen LogP contribution is -2.08. The lowest BCUT2D eigenvalue weighted by molar-refractivity contribution is 0.860. The van der Waals surface area contributed by atoms with Gasteiger partial charge in [-0.25, -0.2) is 15.0 Å². The maximum absolute atomic E-state index is 4.64. The monoisotopic (exact) mass is 366 g/mol. The van der Waals surface area contributed by atoms with Crippen LogP contribution in [0.1, 0.15) is 31.7 Å². The molecular formula is C15H19BrN4S. The van der Waals surface area contributed by atoms with Gasteiger partial charge >= 0.3 is 0 Å². The van der Waals surface area contributed by atoms with Crippen molar-refractivity contribution in [2.75, 3.05) is 11.9 Å². The van der Waals surface area contributed by atoms with Gasteiger partial charge in [-0.05, 0) is 53.2 Å². The summed E-state index contributed by atoms with van der Waals surface area (Å²) in [6, 6.07) is 3.98. The number of anilines is 1. The maximum atomic E-state index is 4.64. The number of halogens is 1. The summed E-state index contributed by atoms with van der Waals surface area (Å²) in [4.78, 5) is 13.6. The van der Waals surface area contributed by atoms with Crippen molar-refractivity contribution in [3.8, 4) is 0 Å². The van der Waals surface area contributed by atoms with Crippen LogP contribution in [0.15, 0.2) is 32.9 Å². The summed E-state index contributed by atoms with van der Waals surface area (Å²) in [6.45, 7) is 7.19. The molecule has 2 aromatic heterocycles. The third-order valence-corrected chi connectivity index (χ3v) is 4.42. The van der Waals surface area contributed by atoms with Crippen molar-refractivity contribution in [1.29, 1.82) is 0 Å². The first-order valence-electron chi connectivity index (χ1n) is 7.04. The van der Waals surface area contributed by atoms with Crippen LogP contribution in [-0.4, -0.2) is 21.5 Å². The normalized spacial score (nSPS) is 10.7. The Labute approximate surface area is 138 Å². The van der Waals surface area contributed by atoms with Gasteiger partial charge < -0.3 is 5.32 Å². The number of hydrogen-bond acceptors (Lipinski definition) is 5. The van der Waals surface area contributed by atoms with Crippen LogP contribution < -0.4 is 5.32 Å². The fourth-order valence-corrected chi connectivity index (χ4v) is 2.81. The van der Waals surface area contributed by atoms with Gasteiger partial charge in [0.25, 0.3) is 0 Å². The Kier molecular flexibility index (Phi) is 5.99. The van der Waals surface area contributed by atoms with E-state index in [1.165, 1.54) is 0 Å². The standard InChI is InChI=1S/C15H19BrN4S/c1-4-8-17-14-10(3)15(20-12(5-2)19-14)21-13-7-6-11(16)9-18-13/h6-7,9H,4-5,8H2,1-3H3,(H,17,19,20). The number of hydrogen-bond donors (Lipinski definition) is 1. The molecular weight excluding hydrogens is 348 g/mol. The van der Waals surface area contributed by atoms with E-state index in [2.05, 4.69) is 57.0 Å². The van der Waals surface area contributed by atoms with Crippen LogP contribution in [0.5, 0.6) is 0 Å². The van der Waals surface area contributed by atoms with E-state index in [-0.39, 0.29) is 0 Å². The Bertz CT molecular complexity index is 601. The summed E-state index contributed by atoms with van der Waals surface area (Å²) < 4.78 is 0.978. The number of nitrogens with one attached hydrogen (secondary N) is 1. The van der Waals surface area contributed by atoms with Gasteiger partial charge in [0.2, 0.25) is 0 Å². The molecule has 0 spiro atoms. The van der Waals surface area contributed by atoms with Crippen LogP contribution in [0, 0.1) is 6.92 Å². The Morgan fingerprint density at radius 2 is 2.05 bits per heavy atom. The number of rotatable bonds is 6. The molecule has 0 saturated carbocycles. The molecule has 0 radical (unpaired) electrons. The molecule has 2 rings (SSSR count). The van der Waals surface area contributed by atoms with E-state index in [1.54, 1.807) is 18.0 Å². The topological polar surface area (TPSA) is 50.7 Å². The van der Waals surface area contributed by atoms with Crippen molar-refractivity contribution in [2.24, 2.45) is 0 Å². The molecule has 21 heavy (non-hydrogen) atoms. The van der Waals surface area contributed by atoms with E-state index in [4.69, 9.17) is 0 Å². The largest absolute Gasteiger partial charge is 0.370 e. The van der Waals surface area contributed by atoms with Crippen molar-refractivity contribution in [2.45, 2.75) is 43.7 Å². The van der Waals surface area contributed by atoms with E-state index in [0.717, 1.165) is 51.1 Å². The highest BCUT2D eigenvalue weighted by Gasteiger charge is 2.12. The second-order valence-electron chi connectivity index (χ2n) is 4.62. The summed E-state index contributed by atoms with van der Waals surface area (Å²) in [5.41, 5.74) is 1.08. The predicted molar refractivity (Wildman–Crippen MR) is 91.0 cm³/mol. The summed E-state index contributed by atoms with van der Waals surface area (Å²) in [5, 5.41) is 5.28. The highest BCUT2D eigenvalue weighted by atomic mass is 79.9. The van der Waals surface area contributed by atoms with E-state index in [1.807, 2.05) is 12.1 Å². The average molecular weight is 367 g/mol. The molecule has 0 aliphatic carbocycles. The minimum atomic E-state index is 0.822. The predicted octanol–water partition coefficient (Wildman–Crippen LogP) is 4.48. The molecule has 0 fully saturated rings. The maximum Gasteiger partial charge on any atom is 0.133 e. The van der Waals surface area contributed by atoms with Gasteiger partial charge in [0.1, 0.15) is 21.7 Å². The molecule has 112 valence electrons. The second-order valence-corrected chi connectivity index (χ2v) is 6.54. The molecule has 0 bridgehead atoms. The fraction of sp³-hybridized carbons (Fsp3) is 0.400. The van der Waals surface area contributed by atoms with Crippen LogP contribution in [0.2, 0.25) is 0 Å². The first-order valence-corrected chi connectivity index (χ1v) is 8.65. The smallest absolute Gasteiger partial charge is 0.133 e. The van der Waals surface area contributed by atoms with Crippen molar-refractivity contribution in [3.63, 3.8) is 0 Å². The molecule has 0 aliphatic rings. The molecule has 0 aliphatic heterocycles. The van der Waals surface area contributed by atoms with Crippen LogP contribution in [0.25, 0.3) is 0 Å². The zero-order valence-electron chi connectivity index (χ0n) is 12.5. The van der Waals surface area contributed by atoms with E-state index in [0.29, 0.717) is 0 Å². The number of pyridine rings is 1. The van der Waals surface area contributed by atoms with Gasteiger partial charge in [-0.15, -0.1) is 0 Å². The minimum absolute atomic E-state index is 0.822. The number of aryl methyl sites for hydroxylation is 1. The van der Waals surface area contributed by atoms with Crippen LogP contribution in [0.4, 0.5) is 5.82 Å². The molecule has 4 nitrogen and oxygen atoms in total. The Morgan fingerprint density at radius 1 is 1.24 bits per heavy atom. The highest BCUT2D eigenvalue weighted by molar-refractivity contribution is 9.10.